The van der Waals surface area contributed by atoms with E-state index in [1.165, 1.54) is 12.1 Å². The molecule has 23 heavy (non-hydrogen) atoms. The lowest BCUT2D eigenvalue weighted by atomic mass is 10.0. The number of ether oxygens (including phenoxy) is 1. The molecule has 0 bridgehead atoms. The number of benzene rings is 2. The fraction of sp³-hybridized carbons (Fsp3) is 0.167. The third kappa shape index (κ3) is 4.51. The van der Waals surface area contributed by atoms with Crippen molar-refractivity contribution in [2.24, 2.45) is 0 Å². The van der Waals surface area contributed by atoms with E-state index in [4.69, 9.17) is 4.74 Å². The number of ketones is 1. The highest BCUT2D eigenvalue weighted by Gasteiger charge is 2.13. The van der Waals surface area contributed by atoms with Crippen molar-refractivity contribution in [3.05, 3.63) is 59.7 Å². The largest absolute Gasteiger partial charge is 0.417 e. The Bertz CT molecular complexity index is 710. The first-order chi connectivity index (χ1) is 11.1. The van der Waals surface area contributed by atoms with Crippen molar-refractivity contribution in [1.29, 1.82) is 0 Å². The summed E-state index contributed by atoms with van der Waals surface area (Å²) >= 11 is 0. The van der Waals surface area contributed by atoms with Gasteiger partial charge in [-0.1, -0.05) is 25.1 Å². The molecule has 0 fully saturated rings. The van der Waals surface area contributed by atoms with Crippen molar-refractivity contribution < 1.29 is 19.1 Å². The summed E-state index contributed by atoms with van der Waals surface area (Å²) in [7, 11) is 0. The third-order valence-corrected chi connectivity index (χ3v) is 3.16. The highest BCUT2D eigenvalue weighted by molar-refractivity contribution is 6.04. The van der Waals surface area contributed by atoms with Gasteiger partial charge in [-0.15, -0.1) is 0 Å². The van der Waals surface area contributed by atoms with E-state index < -0.39 is 6.09 Å². The molecule has 0 saturated carbocycles. The molecule has 0 radical (unpaired) electrons. The molecule has 5 nitrogen and oxygen atoms in total. The molecule has 5 heteroatoms. The van der Waals surface area contributed by atoms with Crippen LogP contribution in [0.1, 0.15) is 40.5 Å². The first kappa shape index (κ1) is 16.4. The van der Waals surface area contributed by atoms with Crippen LogP contribution in [0.3, 0.4) is 0 Å². The van der Waals surface area contributed by atoms with Gasteiger partial charge in [0.2, 0.25) is 0 Å². The van der Waals surface area contributed by atoms with Crippen LogP contribution >= 0.6 is 0 Å². The van der Waals surface area contributed by atoms with E-state index in [1.807, 2.05) is 13.0 Å². The predicted molar refractivity (Wildman–Crippen MR) is 87.2 cm³/mol. The van der Waals surface area contributed by atoms with Gasteiger partial charge in [0.05, 0.1) is 0 Å². The van der Waals surface area contributed by atoms with Crippen molar-refractivity contribution in [2.75, 3.05) is 5.32 Å². The van der Waals surface area contributed by atoms with Gasteiger partial charge in [-0.25, -0.2) is 4.79 Å². The first-order valence-electron chi connectivity index (χ1n) is 7.30. The van der Waals surface area contributed by atoms with Gasteiger partial charge in [0.15, 0.2) is 12.1 Å². The number of carbonyl (C=O) groups is 3. The van der Waals surface area contributed by atoms with Gasteiger partial charge in [-0.3, -0.25) is 14.9 Å². The molecule has 0 saturated heterocycles. The average Bonchev–Trinajstić information content (AvgIpc) is 2.56. The van der Waals surface area contributed by atoms with E-state index in [-0.39, 0.29) is 5.78 Å². The van der Waals surface area contributed by atoms with E-state index in [1.54, 1.807) is 30.3 Å². The summed E-state index contributed by atoms with van der Waals surface area (Å²) in [6.45, 7) is 1.89. The van der Waals surface area contributed by atoms with E-state index in [2.05, 4.69) is 5.32 Å². The number of aldehydes is 1. The normalized spacial score (nSPS) is 9.96. The lowest BCUT2D eigenvalue weighted by Crippen LogP contribution is -2.17. The summed E-state index contributed by atoms with van der Waals surface area (Å²) < 4.78 is 5.12. The Morgan fingerprint density at radius 1 is 1.13 bits per heavy atom. The van der Waals surface area contributed by atoms with Crippen LogP contribution in [0.25, 0.3) is 0 Å². The third-order valence-electron chi connectivity index (χ3n) is 3.16. The van der Waals surface area contributed by atoms with Gasteiger partial charge in [-0.05, 0) is 36.8 Å². The van der Waals surface area contributed by atoms with Crippen molar-refractivity contribution in [3.8, 4) is 5.75 Å². The smallest absolute Gasteiger partial charge is 0.410 e. The number of hydrogen-bond donors (Lipinski definition) is 1. The Kier molecular flexibility index (Phi) is 5.63. The van der Waals surface area contributed by atoms with Gasteiger partial charge >= 0.3 is 6.09 Å². The molecule has 2 rings (SSSR count). The summed E-state index contributed by atoms with van der Waals surface area (Å²) in [5.41, 5.74) is 1.01. The molecular weight excluding hydrogens is 294 g/mol. The minimum Gasteiger partial charge on any atom is -0.410 e. The zero-order chi connectivity index (χ0) is 16.7. The van der Waals surface area contributed by atoms with Crippen LogP contribution < -0.4 is 10.1 Å². The van der Waals surface area contributed by atoms with Crippen molar-refractivity contribution in [2.45, 2.75) is 19.8 Å². The number of amides is 1. The Hall–Kier alpha value is -2.95. The van der Waals surface area contributed by atoms with E-state index in [0.29, 0.717) is 41.7 Å². The zero-order valence-electron chi connectivity index (χ0n) is 12.7. The number of nitrogens with one attached hydrogen (secondary N) is 1. The van der Waals surface area contributed by atoms with E-state index in [0.717, 1.165) is 0 Å². The van der Waals surface area contributed by atoms with Gasteiger partial charge in [0.25, 0.3) is 0 Å². The number of rotatable bonds is 6. The second kappa shape index (κ2) is 7.89. The molecule has 1 N–H and O–H groups in total. The molecule has 0 aliphatic rings. The maximum Gasteiger partial charge on any atom is 0.417 e. The van der Waals surface area contributed by atoms with Gasteiger partial charge < -0.3 is 4.74 Å². The first-order valence-corrected chi connectivity index (χ1v) is 7.30. The topological polar surface area (TPSA) is 72.5 Å². The molecule has 1 amide bonds. The molecule has 0 heterocycles. The fourth-order valence-corrected chi connectivity index (χ4v) is 2.08. The minimum absolute atomic E-state index is 0.130. The second-order valence-electron chi connectivity index (χ2n) is 4.92. The van der Waals surface area contributed by atoms with Crippen LogP contribution in [-0.4, -0.2) is 18.2 Å². The molecule has 2 aromatic rings. The predicted octanol–water partition coefficient (Wildman–Crippen LogP) is 4.09. The lowest BCUT2D eigenvalue weighted by molar-refractivity contribution is 0.0975. The van der Waals surface area contributed by atoms with Crippen molar-refractivity contribution >= 4 is 23.9 Å². The molecular formula is C18H17NO4. The SMILES string of the molecule is CCCC(=O)c1cc(NC(=O)Oc2ccccc2)ccc1C=O. The van der Waals surface area contributed by atoms with Crippen molar-refractivity contribution in [1.82, 2.24) is 0 Å². The van der Waals surface area contributed by atoms with Crippen LogP contribution in [0.15, 0.2) is 48.5 Å². The molecule has 0 aliphatic heterocycles. The summed E-state index contributed by atoms with van der Waals surface area (Å²) in [6.07, 6.45) is 1.00. The van der Waals surface area contributed by atoms with Crippen LogP contribution in [0.2, 0.25) is 0 Å². The quantitative estimate of drug-likeness (QED) is 0.644. The Balaban J connectivity index is 2.13. The van der Waals surface area contributed by atoms with Gasteiger partial charge in [-0.2, -0.15) is 0 Å². The molecule has 0 spiro atoms. The highest BCUT2D eigenvalue weighted by atomic mass is 16.6. The summed E-state index contributed by atoms with van der Waals surface area (Å²) in [5.74, 6) is 0.284. The number of para-hydroxylation sites is 1. The molecule has 0 unspecified atom stereocenters. The fourth-order valence-electron chi connectivity index (χ4n) is 2.08. The van der Waals surface area contributed by atoms with Crippen LogP contribution in [0.5, 0.6) is 5.75 Å². The molecule has 0 atom stereocenters. The van der Waals surface area contributed by atoms with Gasteiger partial charge in [0.1, 0.15) is 5.75 Å². The molecule has 2 aromatic carbocycles. The number of Topliss-reactive ketones (excluding diaryl/α,β-unsaturated/α-hetero) is 1. The minimum atomic E-state index is -0.663. The van der Waals surface area contributed by atoms with Crippen LogP contribution in [0, 0.1) is 0 Å². The Morgan fingerprint density at radius 3 is 2.52 bits per heavy atom. The summed E-state index contributed by atoms with van der Waals surface area (Å²) in [5, 5.41) is 2.55. The molecule has 118 valence electrons. The average molecular weight is 311 g/mol. The number of anilines is 1. The van der Waals surface area contributed by atoms with Gasteiger partial charge in [0, 0.05) is 23.2 Å². The monoisotopic (exact) mass is 311 g/mol. The van der Waals surface area contributed by atoms with Crippen LogP contribution in [-0.2, 0) is 0 Å². The van der Waals surface area contributed by atoms with E-state index >= 15 is 0 Å². The van der Waals surface area contributed by atoms with E-state index in [9.17, 15) is 14.4 Å². The second-order valence-corrected chi connectivity index (χ2v) is 4.92. The standard InChI is InChI=1S/C18H17NO4/c1-2-6-17(21)16-11-14(10-9-13(16)12-20)19-18(22)23-15-7-4-3-5-8-15/h3-5,7-12H,2,6H2,1H3,(H,19,22). The Morgan fingerprint density at radius 2 is 1.87 bits per heavy atom. The Labute approximate surface area is 134 Å². The maximum atomic E-state index is 12.1. The van der Waals surface area contributed by atoms with Crippen LogP contribution in [0.4, 0.5) is 10.5 Å². The molecule has 0 aliphatic carbocycles. The van der Waals surface area contributed by atoms with Crippen molar-refractivity contribution in [3.63, 3.8) is 0 Å². The number of carbonyl (C=O) groups excluding carboxylic acids is 3. The summed E-state index contributed by atoms with van der Waals surface area (Å²) in [4.78, 5) is 35.0. The summed E-state index contributed by atoms with van der Waals surface area (Å²) in [6, 6.07) is 13.2. The highest BCUT2D eigenvalue weighted by Crippen LogP contribution is 2.18. The lowest BCUT2D eigenvalue weighted by Gasteiger charge is -2.09. The molecule has 0 aromatic heterocycles. The maximum absolute atomic E-state index is 12.1. The zero-order valence-corrected chi connectivity index (χ0v) is 12.7. The number of hydrogen-bond acceptors (Lipinski definition) is 4.